The molecule has 36 heavy (non-hydrogen) atoms. The van der Waals surface area contributed by atoms with Gasteiger partial charge in [-0.1, -0.05) is 67.4 Å². The van der Waals surface area contributed by atoms with Gasteiger partial charge in [-0.2, -0.15) is 0 Å². The van der Waals surface area contributed by atoms with Crippen molar-refractivity contribution in [2.45, 2.75) is 71.1 Å². The Balaban J connectivity index is 1.95. The Hall–Kier alpha value is -2.12. The fraction of sp³-hybridized carbons (Fsp3) is 0.500. The summed E-state index contributed by atoms with van der Waals surface area (Å²) in [4.78, 5) is 27.1. The highest BCUT2D eigenvalue weighted by Gasteiger charge is 2.22. The molecule has 0 aliphatic carbocycles. The summed E-state index contributed by atoms with van der Waals surface area (Å²) in [7, 11) is 0. The molecule has 2 aromatic rings. The normalized spacial score (nSPS) is 12.7. The number of hydrogen-bond donors (Lipinski definition) is 3. The van der Waals surface area contributed by atoms with Crippen LogP contribution in [0.4, 0.5) is 0 Å². The van der Waals surface area contributed by atoms with Gasteiger partial charge >= 0.3 is 0 Å². The van der Waals surface area contributed by atoms with Crippen molar-refractivity contribution in [2.24, 2.45) is 0 Å². The van der Waals surface area contributed by atoms with E-state index in [1.54, 1.807) is 18.2 Å². The Labute approximate surface area is 225 Å². The van der Waals surface area contributed by atoms with Crippen molar-refractivity contribution >= 4 is 35.0 Å². The molecule has 2 rings (SSSR count). The maximum atomic E-state index is 12.8. The first-order chi connectivity index (χ1) is 17.3. The molecule has 0 spiro atoms. The summed E-state index contributed by atoms with van der Waals surface area (Å²) in [6, 6.07) is 14.6. The standard InChI is InChI=1S/C28H39Cl2N3O3/c1-3-13-33(14-4-2)28(36)12-8-11-27(35)32-25(17-22-15-23(29)18-24(30)16-22)26(34)20-31-19-21-9-6-5-7-10-21/h5-7,9-10,15-16,18,25-26,31,34H,3-4,8,11-14,17,19-20H2,1-2H3,(H,32,35)/t25-,26+/m0/s1. The van der Waals surface area contributed by atoms with Gasteiger partial charge in [0.2, 0.25) is 11.8 Å². The van der Waals surface area contributed by atoms with E-state index in [1.165, 1.54) is 0 Å². The molecule has 0 radical (unpaired) electrons. The number of aliphatic hydroxyl groups excluding tert-OH is 1. The number of rotatable bonds is 16. The minimum absolute atomic E-state index is 0.0850. The van der Waals surface area contributed by atoms with Gasteiger partial charge in [0.1, 0.15) is 0 Å². The van der Waals surface area contributed by atoms with E-state index in [9.17, 15) is 14.7 Å². The Morgan fingerprint density at radius 1 is 0.944 bits per heavy atom. The first-order valence-corrected chi connectivity index (χ1v) is 13.5. The van der Waals surface area contributed by atoms with Crippen LogP contribution in [0.25, 0.3) is 0 Å². The third-order valence-electron chi connectivity index (χ3n) is 5.85. The van der Waals surface area contributed by atoms with Crippen LogP contribution in [0.1, 0.15) is 57.1 Å². The molecule has 0 unspecified atom stereocenters. The van der Waals surface area contributed by atoms with Crippen molar-refractivity contribution in [2.75, 3.05) is 19.6 Å². The monoisotopic (exact) mass is 535 g/mol. The first kappa shape index (κ1) is 30.1. The molecular weight excluding hydrogens is 497 g/mol. The molecule has 0 fully saturated rings. The second-order valence-corrected chi connectivity index (χ2v) is 9.95. The quantitative estimate of drug-likeness (QED) is 0.282. The molecule has 3 N–H and O–H groups in total. The molecule has 6 nitrogen and oxygen atoms in total. The number of halogens is 2. The molecule has 2 atom stereocenters. The van der Waals surface area contributed by atoms with Crippen LogP contribution in [-0.2, 0) is 22.6 Å². The molecule has 2 amide bonds. The summed E-state index contributed by atoms with van der Waals surface area (Å²) in [6.45, 7) is 6.50. The average Bonchev–Trinajstić information content (AvgIpc) is 2.83. The van der Waals surface area contributed by atoms with Gasteiger partial charge in [-0.3, -0.25) is 9.59 Å². The van der Waals surface area contributed by atoms with Crippen LogP contribution in [0.5, 0.6) is 0 Å². The first-order valence-electron chi connectivity index (χ1n) is 12.8. The molecule has 198 valence electrons. The van der Waals surface area contributed by atoms with Gasteiger partial charge < -0.3 is 20.6 Å². The predicted octanol–water partition coefficient (Wildman–Crippen LogP) is 4.99. The fourth-order valence-electron chi connectivity index (χ4n) is 4.11. The van der Waals surface area contributed by atoms with Crippen molar-refractivity contribution in [3.63, 3.8) is 0 Å². The van der Waals surface area contributed by atoms with Gasteiger partial charge in [-0.15, -0.1) is 0 Å². The van der Waals surface area contributed by atoms with Crippen molar-refractivity contribution in [3.05, 3.63) is 69.7 Å². The van der Waals surface area contributed by atoms with Gasteiger partial charge in [0.15, 0.2) is 0 Å². The van der Waals surface area contributed by atoms with Crippen molar-refractivity contribution in [1.29, 1.82) is 0 Å². The van der Waals surface area contributed by atoms with Crippen LogP contribution < -0.4 is 10.6 Å². The lowest BCUT2D eigenvalue weighted by Gasteiger charge is -2.25. The number of nitrogens with zero attached hydrogens (tertiary/aromatic N) is 1. The van der Waals surface area contributed by atoms with Crippen LogP contribution in [0.15, 0.2) is 48.5 Å². The molecule has 0 saturated heterocycles. The topological polar surface area (TPSA) is 81.7 Å². The van der Waals surface area contributed by atoms with Crippen LogP contribution >= 0.6 is 23.2 Å². The minimum Gasteiger partial charge on any atom is -0.390 e. The lowest BCUT2D eigenvalue weighted by atomic mass is 10.0. The van der Waals surface area contributed by atoms with Gasteiger partial charge in [-0.05, 0) is 55.0 Å². The zero-order valence-corrected chi connectivity index (χ0v) is 22.8. The summed E-state index contributed by atoms with van der Waals surface area (Å²) in [5.41, 5.74) is 1.93. The summed E-state index contributed by atoms with van der Waals surface area (Å²) in [6.07, 6.45) is 2.39. The van der Waals surface area contributed by atoms with E-state index >= 15 is 0 Å². The van der Waals surface area contributed by atoms with E-state index in [0.717, 1.165) is 37.1 Å². The molecule has 8 heteroatoms. The number of aliphatic hydroxyl groups is 1. The third kappa shape index (κ3) is 11.3. The molecule has 0 aliphatic heterocycles. The number of carbonyl (C=O) groups excluding carboxylic acids is 2. The molecular formula is C28H39Cl2N3O3. The number of amides is 2. The molecule has 0 aliphatic rings. The van der Waals surface area contributed by atoms with Crippen LogP contribution in [0, 0.1) is 0 Å². The van der Waals surface area contributed by atoms with Crippen molar-refractivity contribution in [3.8, 4) is 0 Å². The van der Waals surface area contributed by atoms with E-state index in [4.69, 9.17) is 23.2 Å². The van der Waals surface area contributed by atoms with Crippen LogP contribution in [-0.4, -0.2) is 53.6 Å². The molecule has 0 heterocycles. The van der Waals surface area contributed by atoms with E-state index in [2.05, 4.69) is 24.5 Å². The highest BCUT2D eigenvalue weighted by atomic mass is 35.5. The molecule has 0 aromatic heterocycles. The van der Waals surface area contributed by atoms with E-state index in [-0.39, 0.29) is 18.2 Å². The van der Waals surface area contributed by atoms with Crippen LogP contribution in [0.2, 0.25) is 10.0 Å². The average molecular weight is 537 g/mol. The van der Waals surface area contributed by atoms with Crippen molar-refractivity contribution in [1.82, 2.24) is 15.5 Å². The zero-order chi connectivity index (χ0) is 26.3. The van der Waals surface area contributed by atoms with Crippen molar-refractivity contribution < 1.29 is 14.7 Å². The minimum atomic E-state index is -0.832. The summed E-state index contributed by atoms with van der Waals surface area (Å²) < 4.78 is 0. The highest BCUT2D eigenvalue weighted by Crippen LogP contribution is 2.20. The van der Waals surface area contributed by atoms with E-state index in [1.807, 2.05) is 35.2 Å². The lowest BCUT2D eigenvalue weighted by molar-refractivity contribution is -0.131. The maximum Gasteiger partial charge on any atom is 0.222 e. The zero-order valence-electron chi connectivity index (χ0n) is 21.3. The maximum absolute atomic E-state index is 12.8. The lowest BCUT2D eigenvalue weighted by Crippen LogP contribution is -2.48. The largest absolute Gasteiger partial charge is 0.390 e. The summed E-state index contributed by atoms with van der Waals surface area (Å²) in [5, 5.41) is 18.2. The highest BCUT2D eigenvalue weighted by molar-refractivity contribution is 6.34. The molecule has 0 saturated carbocycles. The Kier molecular flexibility index (Phi) is 13.9. The van der Waals surface area contributed by atoms with Gasteiger partial charge in [0, 0.05) is 49.1 Å². The Bertz CT molecular complexity index is 917. The Morgan fingerprint density at radius 3 is 2.19 bits per heavy atom. The number of nitrogens with one attached hydrogen (secondary N) is 2. The number of hydrogen-bond acceptors (Lipinski definition) is 4. The van der Waals surface area contributed by atoms with Gasteiger partial charge in [0.05, 0.1) is 12.1 Å². The second-order valence-electron chi connectivity index (χ2n) is 9.07. The summed E-state index contributed by atoms with van der Waals surface area (Å²) in [5.74, 6) is -0.109. The predicted molar refractivity (Wildman–Crippen MR) is 147 cm³/mol. The molecule has 0 bridgehead atoms. The second kappa shape index (κ2) is 16.6. The van der Waals surface area contributed by atoms with E-state index < -0.39 is 12.1 Å². The molecule has 2 aromatic carbocycles. The van der Waals surface area contributed by atoms with Gasteiger partial charge in [0.25, 0.3) is 0 Å². The third-order valence-corrected chi connectivity index (χ3v) is 6.28. The summed E-state index contributed by atoms with van der Waals surface area (Å²) >= 11 is 12.3. The van der Waals surface area contributed by atoms with E-state index in [0.29, 0.717) is 42.4 Å². The van der Waals surface area contributed by atoms with Crippen LogP contribution in [0.3, 0.4) is 0 Å². The van der Waals surface area contributed by atoms with Gasteiger partial charge in [-0.25, -0.2) is 0 Å². The smallest absolute Gasteiger partial charge is 0.222 e. The Morgan fingerprint density at radius 2 is 1.58 bits per heavy atom. The SMILES string of the molecule is CCCN(CCC)C(=O)CCCC(=O)N[C@@H](Cc1cc(Cl)cc(Cl)c1)[C@H](O)CNCc1ccccc1. The number of carbonyl (C=O) groups is 2. The fourth-order valence-corrected chi connectivity index (χ4v) is 4.68. The number of benzene rings is 2.